The minimum absolute atomic E-state index is 0.133. The number of urea groups is 1. The number of hydrogen-bond acceptors (Lipinski definition) is 3. The lowest BCUT2D eigenvalue weighted by molar-refractivity contribution is -0.141. The van der Waals surface area contributed by atoms with Gasteiger partial charge in [0.05, 0.1) is 6.42 Å². The zero-order valence-corrected chi connectivity index (χ0v) is 11.8. The van der Waals surface area contributed by atoms with Crippen LogP contribution in [0.3, 0.4) is 0 Å². The molecule has 7 nitrogen and oxygen atoms in total. The molecule has 0 heterocycles. The van der Waals surface area contributed by atoms with Gasteiger partial charge < -0.3 is 21.1 Å². The van der Waals surface area contributed by atoms with Gasteiger partial charge >= 0.3 is 12.0 Å². The molecule has 110 valence electrons. The standard InChI is InChI=1S/C12H23N3O4/c1-5-15(8(4)6-9(16)17)11(18)10(7(2)3)14-12(13)19/h7-8,10H,5-6H2,1-4H3,(H,16,17)(H3,13,14,19). The van der Waals surface area contributed by atoms with Crippen molar-refractivity contribution in [2.45, 2.75) is 46.2 Å². The summed E-state index contributed by atoms with van der Waals surface area (Å²) in [7, 11) is 0. The Hall–Kier alpha value is -1.79. The molecule has 0 saturated heterocycles. The molecule has 0 spiro atoms. The van der Waals surface area contributed by atoms with E-state index in [1.165, 1.54) is 4.90 Å². The second kappa shape index (κ2) is 7.60. The van der Waals surface area contributed by atoms with Crippen molar-refractivity contribution in [3.8, 4) is 0 Å². The van der Waals surface area contributed by atoms with Crippen LogP contribution in [-0.2, 0) is 9.59 Å². The summed E-state index contributed by atoms with van der Waals surface area (Å²) in [6.07, 6.45) is -0.138. The molecule has 0 aromatic carbocycles. The third-order valence-electron chi connectivity index (χ3n) is 2.86. The first-order valence-corrected chi connectivity index (χ1v) is 6.28. The second-order valence-electron chi connectivity index (χ2n) is 4.80. The van der Waals surface area contributed by atoms with Crippen molar-refractivity contribution in [2.75, 3.05) is 6.54 Å². The Balaban J connectivity index is 4.96. The van der Waals surface area contributed by atoms with Crippen molar-refractivity contribution in [3.05, 3.63) is 0 Å². The fourth-order valence-electron chi connectivity index (χ4n) is 1.89. The van der Waals surface area contributed by atoms with Gasteiger partial charge in [0.25, 0.3) is 0 Å². The van der Waals surface area contributed by atoms with Crippen molar-refractivity contribution in [1.29, 1.82) is 0 Å². The van der Waals surface area contributed by atoms with Crippen LogP contribution in [0.2, 0.25) is 0 Å². The highest BCUT2D eigenvalue weighted by Gasteiger charge is 2.30. The molecule has 0 aliphatic carbocycles. The summed E-state index contributed by atoms with van der Waals surface area (Å²) in [5.41, 5.74) is 5.05. The van der Waals surface area contributed by atoms with Crippen LogP contribution in [0.25, 0.3) is 0 Å². The van der Waals surface area contributed by atoms with Gasteiger partial charge in [0.2, 0.25) is 5.91 Å². The van der Waals surface area contributed by atoms with Crippen molar-refractivity contribution in [1.82, 2.24) is 10.2 Å². The summed E-state index contributed by atoms with van der Waals surface area (Å²) in [4.78, 5) is 35.4. The van der Waals surface area contributed by atoms with Gasteiger partial charge in [0.15, 0.2) is 0 Å². The number of carbonyl (C=O) groups excluding carboxylic acids is 2. The van der Waals surface area contributed by atoms with Gasteiger partial charge in [-0.25, -0.2) is 4.79 Å². The lowest BCUT2D eigenvalue weighted by Crippen LogP contribution is -2.54. The van der Waals surface area contributed by atoms with Gasteiger partial charge in [-0.1, -0.05) is 13.8 Å². The van der Waals surface area contributed by atoms with Gasteiger partial charge in [-0.15, -0.1) is 0 Å². The number of nitrogens with one attached hydrogen (secondary N) is 1. The van der Waals surface area contributed by atoms with E-state index in [1.54, 1.807) is 27.7 Å². The first kappa shape index (κ1) is 17.2. The maximum absolute atomic E-state index is 12.3. The number of nitrogens with zero attached hydrogens (tertiary/aromatic N) is 1. The van der Waals surface area contributed by atoms with E-state index < -0.39 is 24.1 Å². The summed E-state index contributed by atoms with van der Waals surface area (Å²) < 4.78 is 0. The molecule has 7 heteroatoms. The molecule has 0 aliphatic heterocycles. The lowest BCUT2D eigenvalue weighted by atomic mass is 10.0. The highest BCUT2D eigenvalue weighted by atomic mass is 16.4. The Kier molecular flexibility index (Phi) is 6.89. The van der Waals surface area contributed by atoms with Crippen molar-refractivity contribution < 1.29 is 19.5 Å². The topological polar surface area (TPSA) is 113 Å². The van der Waals surface area contributed by atoms with E-state index in [9.17, 15) is 14.4 Å². The third-order valence-corrected chi connectivity index (χ3v) is 2.86. The molecule has 0 aromatic heterocycles. The molecule has 19 heavy (non-hydrogen) atoms. The van der Waals surface area contributed by atoms with Crippen LogP contribution in [0.1, 0.15) is 34.1 Å². The van der Waals surface area contributed by atoms with Crippen LogP contribution < -0.4 is 11.1 Å². The Labute approximate surface area is 113 Å². The molecule has 0 bridgehead atoms. The van der Waals surface area contributed by atoms with Gasteiger partial charge in [0, 0.05) is 12.6 Å². The van der Waals surface area contributed by atoms with Crippen LogP contribution >= 0.6 is 0 Å². The van der Waals surface area contributed by atoms with E-state index in [4.69, 9.17) is 10.8 Å². The highest BCUT2D eigenvalue weighted by Crippen LogP contribution is 2.11. The summed E-state index contributed by atoms with van der Waals surface area (Å²) in [6, 6.07) is -1.95. The fraction of sp³-hybridized carbons (Fsp3) is 0.750. The predicted octanol–water partition coefficient (Wildman–Crippen LogP) is 0.391. The minimum atomic E-state index is -0.970. The fourth-order valence-corrected chi connectivity index (χ4v) is 1.89. The number of carbonyl (C=O) groups is 3. The number of carboxylic acid groups (broad SMARTS) is 1. The molecule has 4 N–H and O–H groups in total. The van der Waals surface area contributed by atoms with Gasteiger partial charge in [-0.3, -0.25) is 9.59 Å². The van der Waals surface area contributed by atoms with Gasteiger partial charge in [0.1, 0.15) is 6.04 Å². The molecule has 2 unspecified atom stereocenters. The van der Waals surface area contributed by atoms with E-state index >= 15 is 0 Å². The summed E-state index contributed by atoms with van der Waals surface area (Å²) in [5, 5.41) is 11.2. The van der Waals surface area contributed by atoms with Crippen LogP contribution in [0.4, 0.5) is 4.79 Å². The van der Waals surface area contributed by atoms with Crippen molar-refractivity contribution in [3.63, 3.8) is 0 Å². The number of amides is 3. The van der Waals surface area contributed by atoms with Crippen LogP contribution in [0.5, 0.6) is 0 Å². The summed E-state index contributed by atoms with van der Waals surface area (Å²) in [6.45, 7) is 7.37. The molecule has 0 radical (unpaired) electrons. The Morgan fingerprint density at radius 1 is 1.26 bits per heavy atom. The summed E-state index contributed by atoms with van der Waals surface area (Å²) in [5.74, 6) is -1.42. The molecule has 0 aromatic rings. The highest BCUT2D eigenvalue weighted by molar-refractivity contribution is 5.87. The Bertz CT molecular complexity index is 344. The zero-order valence-electron chi connectivity index (χ0n) is 11.8. The zero-order chi connectivity index (χ0) is 15.2. The first-order valence-electron chi connectivity index (χ1n) is 6.28. The largest absolute Gasteiger partial charge is 0.481 e. The Morgan fingerprint density at radius 3 is 2.11 bits per heavy atom. The number of hydrogen-bond donors (Lipinski definition) is 3. The van der Waals surface area contributed by atoms with Gasteiger partial charge in [-0.05, 0) is 19.8 Å². The molecule has 0 fully saturated rings. The first-order chi connectivity index (χ1) is 8.70. The maximum Gasteiger partial charge on any atom is 0.312 e. The second-order valence-corrected chi connectivity index (χ2v) is 4.80. The SMILES string of the molecule is CCN(C(=O)C(NC(N)=O)C(C)C)C(C)CC(=O)O. The monoisotopic (exact) mass is 273 g/mol. The number of likely N-dealkylation sites (N-methyl/N-ethyl adjacent to an activating group) is 1. The van der Waals surface area contributed by atoms with Crippen LogP contribution in [0, 0.1) is 5.92 Å². The predicted molar refractivity (Wildman–Crippen MR) is 70.4 cm³/mol. The number of nitrogens with two attached hydrogens (primary N) is 1. The molecular weight excluding hydrogens is 250 g/mol. The van der Waals surface area contributed by atoms with E-state index in [0.717, 1.165) is 0 Å². The molecule has 0 saturated carbocycles. The van der Waals surface area contributed by atoms with Crippen LogP contribution in [0.15, 0.2) is 0 Å². The van der Waals surface area contributed by atoms with Gasteiger partial charge in [-0.2, -0.15) is 0 Å². The molecule has 0 rings (SSSR count). The number of rotatable bonds is 7. The lowest BCUT2D eigenvalue weighted by Gasteiger charge is -2.32. The summed E-state index contributed by atoms with van der Waals surface area (Å²) >= 11 is 0. The molecule has 0 aliphatic rings. The smallest absolute Gasteiger partial charge is 0.312 e. The van der Waals surface area contributed by atoms with Crippen LogP contribution in [-0.4, -0.2) is 46.5 Å². The van der Waals surface area contributed by atoms with E-state index in [1.807, 2.05) is 0 Å². The number of carboxylic acids is 1. The molecule has 3 amide bonds. The van der Waals surface area contributed by atoms with Crippen molar-refractivity contribution >= 4 is 17.9 Å². The van der Waals surface area contributed by atoms with Crippen molar-refractivity contribution in [2.24, 2.45) is 11.7 Å². The number of primary amides is 1. The van der Waals surface area contributed by atoms with E-state index in [-0.39, 0.29) is 18.2 Å². The third kappa shape index (κ3) is 5.58. The maximum atomic E-state index is 12.3. The molecular formula is C12H23N3O4. The molecule has 2 atom stereocenters. The Morgan fingerprint density at radius 2 is 1.79 bits per heavy atom. The van der Waals surface area contributed by atoms with E-state index in [2.05, 4.69) is 5.32 Å². The average Bonchev–Trinajstić information content (AvgIpc) is 2.24. The average molecular weight is 273 g/mol. The van der Waals surface area contributed by atoms with E-state index in [0.29, 0.717) is 6.54 Å². The normalized spacial score (nSPS) is 13.7. The minimum Gasteiger partial charge on any atom is -0.481 e. The number of aliphatic carboxylic acids is 1. The quantitative estimate of drug-likeness (QED) is 0.622.